The van der Waals surface area contributed by atoms with Crippen molar-refractivity contribution in [2.45, 2.75) is 37.1 Å². The van der Waals surface area contributed by atoms with Crippen molar-refractivity contribution >= 4 is 29.2 Å². The minimum absolute atomic E-state index is 0.146. The van der Waals surface area contributed by atoms with Gasteiger partial charge in [0.25, 0.3) is 5.91 Å². The highest BCUT2D eigenvalue weighted by atomic mass is 19.3. The fourth-order valence-electron chi connectivity index (χ4n) is 4.55. The average molecular weight is 456 g/mol. The Kier molecular flexibility index (Phi) is 5.02. The van der Waals surface area contributed by atoms with Crippen LogP contribution in [0.1, 0.15) is 36.0 Å². The number of amides is 3. The molecule has 0 unspecified atom stereocenters. The number of nitrogens with one attached hydrogen (secondary N) is 1. The number of rotatable bonds is 4. The van der Waals surface area contributed by atoms with Gasteiger partial charge < -0.3 is 15.0 Å². The van der Waals surface area contributed by atoms with Crippen LogP contribution in [0.4, 0.5) is 25.1 Å². The first-order valence-electron chi connectivity index (χ1n) is 10.8. The van der Waals surface area contributed by atoms with E-state index < -0.39 is 48.6 Å². The van der Waals surface area contributed by atoms with Gasteiger partial charge >= 0.3 is 6.03 Å². The second kappa shape index (κ2) is 7.79. The molecule has 2 fully saturated rings. The third-order valence-electron chi connectivity index (χ3n) is 6.46. The lowest BCUT2D eigenvalue weighted by Crippen LogP contribution is -2.51. The highest BCUT2D eigenvalue weighted by Crippen LogP contribution is 2.41. The normalized spacial score (nSPS) is 20.9. The van der Waals surface area contributed by atoms with Crippen LogP contribution in [0.2, 0.25) is 0 Å². The summed E-state index contributed by atoms with van der Waals surface area (Å²) in [5, 5.41) is 2.54. The van der Waals surface area contributed by atoms with Crippen LogP contribution in [0.15, 0.2) is 42.6 Å². The number of anilines is 2. The summed E-state index contributed by atoms with van der Waals surface area (Å²) < 4.78 is 32.7. The van der Waals surface area contributed by atoms with Crippen LogP contribution in [0.5, 0.6) is 5.75 Å². The summed E-state index contributed by atoms with van der Waals surface area (Å²) in [4.78, 5) is 45.2. The van der Waals surface area contributed by atoms with Crippen molar-refractivity contribution in [2.75, 3.05) is 24.6 Å². The van der Waals surface area contributed by atoms with Gasteiger partial charge in [0.1, 0.15) is 23.7 Å². The van der Waals surface area contributed by atoms with Crippen LogP contribution in [0.3, 0.4) is 0 Å². The number of carbonyl (C=O) groups is 3. The van der Waals surface area contributed by atoms with Crippen molar-refractivity contribution in [3.05, 3.63) is 48.2 Å². The lowest BCUT2D eigenvalue weighted by molar-refractivity contribution is -0.135. The number of urea groups is 1. The van der Waals surface area contributed by atoms with Crippen molar-refractivity contribution in [2.24, 2.45) is 0 Å². The summed E-state index contributed by atoms with van der Waals surface area (Å²) in [5.74, 6) is -2.53. The van der Waals surface area contributed by atoms with Crippen LogP contribution in [0.25, 0.3) is 0 Å². The van der Waals surface area contributed by atoms with Gasteiger partial charge in [-0.2, -0.15) is 0 Å². The number of hydrogen-bond acceptors (Lipinski definition) is 6. The topological polar surface area (TPSA) is 91.8 Å². The molecule has 2 aromatic rings. The summed E-state index contributed by atoms with van der Waals surface area (Å²) in [6.07, 6.45) is 0.165. The molecule has 2 aliphatic heterocycles. The van der Waals surface area contributed by atoms with Gasteiger partial charge in [-0.1, -0.05) is 12.1 Å². The monoisotopic (exact) mass is 456 g/mol. The van der Waals surface area contributed by atoms with Gasteiger partial charge in [-0.05, 0) is 37.1 Å². The zero-order chi connectivity index (χ0) is 23.2. The molecule has 5 rings (SSSR count). The largest absolute Gasteiger partial charge is 0.490 e. The molecule has 1 aromatic heterocycles. The van der Waals surface area contributed by atoms with E-state index in [-0.39, 0.29) is 18.4 Å². The van der Waals surface area contributed by atoms with Crippen LogP contribution in [-0.2, 0) is 4.79 Å². The molecule has 1 aliphatic carbocycles. The third kappa shape index (κ3) is 3.79. The van der Waals surface area contributed by atoms with E-state index in [0.29, 0.717) is 19.0 Å². The molecule has 33 heavy (non-hydrogen) atoms. The van der Waals surface area contributed by atoms with E-state index >= 15 is 0 Å². The average Bonchev–Trinajstić information content (AvgIpc) is 3.05. The smallest absolute Gasteiger partial charge is 0.325 e. The molecular weight excluding hydrogens is 434 g/mol. The van der Waals surface area contributed by atoms with Gasteiger partial charge in [-0.15, -0.1) is 0 Å². The van der Waals surface area contributed by atoms with Crippen molar-refractivity contribution in [1.29, 1.82) is 0 Å². The highest BCUT2D eigenvalue weighted by molar-refractivity contribution is 6.11. The maximum atomic E-state index is 13.5. The highest BCUT2D eigenvalue weighted by Gasteiger charge is 2.55. The predicted octanol–water partition coefficient (Wildman–Crippen LogP) is 3.29. The third-order valence-corrected chi connectivity index (χ3v) is 6.46. The Hall–Kier alpha value is -3.56. The lowest BCUT2D eigenvalue weighted by Gasteiger charge is -2.34. The van der Waals surface area contributed by atoms with E-state index in [4.69, 9.17) is 4.74 Å². The number of nitrogens with zero attached hydrogens (tertiary/aromatic N) is 3. The maximum absolute atomic E-state index is 13.5. The van der Waals surface area contributed by atoms with Crippen molar-refractivity contribution in [1.82, 2.24) is 15.2 Å². The van der Waals surface area contributed by atoms with Crippen LogP contribution < -0.4 is 15.0 Å². The summed E-state index contributed by atoms with van der Waals surface area (Å²) in [6.45, 7) is 0.629. The van der Waals surface area contributed by atoms with E-state index in [1.165, 1.54) is 6.20 Å². The molecule has 172 valence electrons. The van der Waals surface area contributed by atoms with E-state index in [0.717, 1.165) is 16.3 Å². The molecule has 1 saturated heterocycles. The molecule has 3 aliphatic rings. The number of para-hydroxylation sites is 2. The molecule has 1 N–H and O–H groups in total. The van der Waals surface area contributed by atoms with Crippen LogP contribution >= 0.6 is 0 Å². The Morgan fingerprint density at radius 3 is 2.58 bits per heavy atom. The standard InChI is InChI=1S/C23H22F2N4O4/c24-23(25)9-7-22(8-10-23)20(31)29(21(32)27-22)14-17(30)15-5-6-19(26-13-15)28-11-12-33-18-4-2-1-3-16(18)28/h1-6,13H,7-12,14H2,(H,27,32). The summed E-state index contributed by atoms with van der Waals surface area (Å²) in [7, 11) is 0. The minimum atomic E-state index is -2.84. The second-order valence-corrected chi connectivity index (χ2v) is 8.56. The number of ether oxygens (including phenoxy) is 1. The molecule has 0 radical (unpaired) electrons. The lowest BCUT2D eigenvalue weighted by atomic mass is 9.80. The molecule has 1 saturated carbocycles. The second-order valence-electron chi connectivity index (χ2n) is 8.56. The number of alkyl halides is 2. The molecule has 8 nitrogen and oxygen atoms in total. The number of pyridine rings is 1. The Morgan fingerprint density at radius 2 is 1.85 bits per heavy atom. The fourth-order valence-corrected chi connectivity index (χ4v) is 4.55. The number of imide groups is 1. The van der Waals surface area contributed by atoms with Crippen LogP contribution in [-0.4, -0.2) is 58.8 Å². The number of benzene rings is 1. The summed E-state index contributed by atoms with van der Waals surface area (Å²) in [6, 6.07) is 10.1. The molecule has 0 bridgehead atoms. The minimum Gasteiger partial charge on any atom is -0.490 e. The van der Waals surface area contributed by atoms with Gasteiger partial charge in [0.05, 0.1) is 18.8 Å². The predicted molar refractivity (Wildman–Crippen MR) is 114 cm³/mol. The number of halogens is 2. The van der Waals surface area contributed by atoms with E-state index in [2.05, 4.69) is 10.3 Å². The van der Waals surface area contributed by atoms with Gasteiger partial charge in [-0.25, -0.2) is 18.6 Å². The first-order chi connectivity index (χ1) is 15.8. The van der Waals surface area contributed by atoms with E-state index in [1.54, 1.807) is 12.1 Å². The first kappa shape index (κ1) is 21.3. The summed E-state index contributed by atoms with van der Waals surface area (Å²) in [5.41, 5.74) is -0.222. The zero-order valence-electron chi connectivity index (χ0n) is 17.7. The summed E-state index contributed by atoms with van der Waals surface area (Å²) >= 11 is 0. The maximum Gasteiger partial charge on any atom is 0.325 e. The Balaban J connectivity index is 1.28. The SMILES string of the molecule is O=C(CN1C(=O)NC2(CCC(F)(F)CC2)C1=O)c1ccc(N2CCOc3ccccc32)nc1. The number of Topliss-reactive ketones (excluding diaryl/α,β-unsaturated/α-hetero) is 1. The number of ketones is 1. The first-order valence-corrected chi connectivity index (χ1v) is 10.8. The molecule has 3 amide bonds. The van der Waals surface area contributed by atoms with Crippen molar-refractivity contribution in [3.63, 3.8) is 0 Å². The zero-order valence-corrected chi connectivity index (χ0v) is 17.7. The van der Waals surface area contributed by atoms with Gasteiger partial charge in [0, 0.05) is 24.6 Å². The van der Waals surface area contributed by atoms with Gasteiger partial charge in [0.2, 0.25) is 5.92 Å². The van der Waals surface area contributed by atoms with E-state index in [1.807, 2.05) is 29.2 Å². The quantitative estimate of drug-likeness (QED) is 0.561. The fraction of sp³-hybridized carbons (Fsp3) is 0.391. The number of aromatic nitrogens is 1. The molecule has 0 atom stereocenters. The number of fused-ring (bicyclic) bond motifs is 1. The Bertz CT molecular complexity index is 1110. The molecule has 1 aromatic carbocycles. The molecular formula is C23H22F2N4O4. The molecule has 1 spiro atoms. The van der Waals surface area contributed by atoms with Gasteiger partial charge in [-0.3, -0.25) is 14.5 Å². The Morgan fingerprint density at radius 1 is 1.09 bits per heavy atom. The molecule has 10 heteroatoms. The van der Waals surface area contributed by atoms with Gasteiger partial charge in [0.15, 0.2) is 5.78 Å². The van der Waals surface area contributed by atoms with Crippen LogP contribution in [0, 0.1) is 0 Å². The van der Waals surface area contributed by atoms with E-state index in [9.17, 15) is 23.2 Å². The Labute approximate surface area is 188 Å². The molecule has 3 heterocycles. The number of hydrogen-bond donors (Lipinski definition) is 1. The van der Waals surface area contributed by atoms with Crippen molar-refractivity contribution < 1.29 is 27.9 Å². The van der Waals surface area contributed by atoms with Crippen molar-refractivity contribution in [3.8, 4) is 5.75 Å². The number of carbonyl (C=O) groups excluding carboxylic acids is 3.